The van der Waals surface area contributed by atoms with E-state index in [0.717, 1.165) is 11.3 Å². The lowest BCUT2D eigenvalue weighted by molar-refractivity contribution is -0.149. The Hall–Kier alpha value is -1.59. The highest BCUT2D eigenvalue weighted by molar-refractivity contribution is 5.85. The van der Waals surface area contributed by atoms with Crippen LogP contribution in [0.2, 0.25) is 0 Å². The average Bonchev–Trinajstić information content (AvgIpc) is 2.11. The van der Waals surface area contributed by atoms with Gasteiger partial charge in [0.2, 0.25) is 5.91 Å². The molecule has 6 nitrogen and oxygen atoms in total. The van der Waals surface area contributed by atoms with E-state index < -0.39 is 30.9 Å². The van der Waals surface area contributed by atoms with Crippen molar-refractivity contribution >= 4 is 17.8 Å². The highest BCUT2D eigenvalue weighted by atomic mass is 16.4. The number of carbonyl (C=O) groups excluding carboxylic acids is 1. The predicted octanol–water partition coefficient (Wildman–Crippen LogP) is 1.45. The van der Waals surface area contributed by atoms with Gasteiger partial charge in [-0.15, -0.1) is 0 Å². The number of hydrogen-bond acceptors (Lipinski definition) is 3. The molecule has 2 N–H and O–H groups in total. The van der Waals surface area contributed by atoms with E-state index in [9.17, 15) is 14.4 Å². The molecule has 1 amide bonds. The summed E-state index contributed by atoms with van der Waals surface area (Å²) in [5.74, 6) is -2.77. The highest BCUT2D eigenvalue weighted by Gasteiger charge is 2.23. The quantitative estimate of drug-likeness (QED) is 0.732. The predicted molar refractivity (Wildman–Crippen MR) is 69.7 cm³/mol. The maximum Gasteiger partial charge on any atom is 0.323 e. The molecule has 1 unspecified atom stereocenters. The topological polar surface area (TPSA) is 94.9 Å². The molecule has 0 saturated carbocycles. The van der Waals surface area contributed by atoms with Crippen LogP contribution in [0.4, 0.5) is 0 Å². The minimum absolute atomic E-state index is 0.0735. The summed E-state index contributed by atoms with van der Waals surface area (Å²) in [6.07, 6.45) is 0.977. The lowest BCUT2D eigenvalue weighted by Crippen LogP contribution is -2.40. The van der Waals surface area contributed by atoms with E-state index in [2.05, 4.69) is 20.8 Å². The number of amides is 1. The fourth-order valence-corrected chi connectivity index (χ4v) is 2.10. The third-order valence-electron chi connectivity index (χ3n) is 2.49. The zero-order valence-corrected chi connectivity index (χ0v) is 12.0. The molecule has 1 atom stereocenters. The molecule has 19 heavy (non-hydrogen) atoms. The molecule has 0 aromatic carbocycles. The zero-order valence-electron chi connectivity index (χ0n) is 12.0. The number of carboxylic acids is 2. The van der Waals surface area contributed by atoms with Gasteiger partial charge >= 0.3 is 11.9 Å². The lowest BCUT2D eigenvalue weighted by atomic mass is 9.84. The molecule has 0 radical (unpaired) electrons. The molecule has 0 spiro atoms. The van der Waals surface area contributed by atoms with Crippen LogP contribution in [0.15, 0.2) is 0 Å². The van der Waals surface area contributed by atoms with Crippen molar-refractivity contribution in [3.8, 4) is 0 Å². The first kappa shape index (κ1) is 17.4. The van der Waals surface area contributed by atoms with E-state index in [1.165, 1.54) is 0 Å². The molecule has 0 aliphatic heterocycles. The molecule has 0 aliphatic carbocycles. The Bertz CT molecular complexity index is 329. The van der Waals surface area contributed by atoms with Gasteiger partial charge < -0.3 is 15.1 Å². The molecule has 6 heteroatoms. The molecule has 0 aliphatic rings. The van der Waals surface area contributed by atoms with Crippen molar-refractivity contribution < 1.29 is 24.6 Å². The maximum atomic E-state index is 11.9. The second-order valence-corrected chi connectivity index (χ2v) is 6.11. The van der Waals surface area contributed by atoms with Crippen LogP contribution in [0.5, 0.6) is 0 Å². The Morgan fingerprint density at radius 2 is 1.47 bits per heavy atom. The van der Waals surface area contributed by atoms with Crippen LogP contribution in [-0.2, 0) is 14.4 Å². The van der Waals surface area contributed by atoms with Gasteiger partial charge in [-0.3, -0.25) is 14.4 Å². The van der Waals surface area contributed by atoms with Crippen LogP contribution in [0.1, 0.15) is 40.5 Å². The molecule has 0 aromatic heterocycles. The standard InChI is InChI=1S/C13H23NO5/c1-9(6-13(2,3)4)5-10(15)14(7-11(16)17)8-12(18)19/h9H,5-8H2,1-4H3,(H,16,17)(H,18,19). The van der Waals surface area contributed by atoms with Gasteiger partial charge in [0.05, 0.1) is 0 Å². The fraction of sp³-hybridized carbons (Fsp3) is 0.769. The molecule has 0 saturated heterocycles. The lowest BCUT2D eigenvalue weighted by Gasteiger charge is -2.25. The van der Waals surface area contributed by atoms with E-state index in [4.69, 9.17) is 10.2 Å². The first-order valence-electron chi connectivity index (χ1n) is 6.22. The molecule has 110 valence electrons. The van der Waals surface area contributed by atoms with Gasteiger partial charge in [0.1, 0.15) is 13.1 Å². The Labute approximate surface area is 113 Å². The highest BCUT2D eigenvalue weighted by Crippen LogP contribution is 2.26. The summed E-state index contributed by atoms with van der Waals surface area (Å²) in [7, 11) is 0. The van der Waals surface area contributed by atoms with E-state index in [0.29, 0.717) is 0 Å². The largest absolute Gasteiger partial charge is 0.480 e. The van der Waals surface area contributed by atoms with Gasteiger partial charge in [-0.05, 0) is 17.8 Å². The number of aliphatic carboxylic acids is 2. The van der Waals surface area contributed by atoms with Crippen LogP contribution in [0.25, 0.3) is 0 Å². The van der Waals surface area contributed by atoms with Crippen molar-refractivity contribution in [1.29, 1.82) is 0 Å². The van der Waals surface area contributed by atoms with Crippen molar-refractivity contribution in [2.24, 2.45) is 11.3 Å². The van der Waals surface area contributed by atoms with E-state index in [1.807, 2.05) is 6.92 Å². The fourth-order valence-electron chi connectivity index (χ4n) is 2.10. The number of rotatable bonds is 7. The van der Waals surface area contributed by atoms with Gasteiger partial charge in [-0.2, -0.15) is 0 Å². The van der Waals surface area contributed by atoms with Crippen LogP contribution in [0, 0.1) is 11.3 Å². The van der Waals surface area contributed by atoms with Crippen molar-refractivity contribution in [1.82, 2.24) is 4.90 Å². The van der Waals surface area contributed by atoms with Crippen LogP contribution >= 0.6 is 0 Å². The molecule has 0 rings (SSSR count). The molecule has 0 aromatic rings. The second-order valence-electron chi connectivity index (χ2n) is 6.11. The summed E-state index contributed by atoms with van der Waals surface area (Å²) < 4.78 is 0. The van der Waals surface area contributed by atoms with Crippen molar-refractivity contribution in [2.75, 3.05) is 13.1 Å². The summed E-state index contributed by atoms with van der Waals surface area (Å²) in [5, 5.41) is 17.4. The van der Waals surface area contributed by atoms with E-state index >= 15 is 0 Å². The third kappa shape index (κ3) is 9.04. The number of hydrogen-bond donors (Lipinski definition) is 2. The minimum Gasteiger partial charge on any atom is -0.480 e. The normalized spacial score (nSPS) is 12.8. The van der Waals surface area contributed by atoms with E-state index in [1.54, 1.807) is 0 Å². The summed E-state index contributed by atoms with van der Waals surface area (Å²) >= 11 is 0. The monoisotopic (exact) mass is 273 g/mol. The Morgan fingerprint density at radius 3 is 1.79 bits per heavy atom. The molecule has 0 heterocycles. The summed E-state index contributed by atoms with van der Waals surface area (Å²) in [6.45, 7) is 6.92. The SMILES string of the molecule is CC(CC(=O)N(CC(=O)O)CC(=O)O)CC(C)(C)C. The van der Waals surface area contributed by atoms with Crippen molar-refractivity contribution in [2.45, 2.75) is 40.5 Å². The Balaban J connectivity index is 4.54. The third-order valence-corrected chi connectivity index (χ3v) is 2.49. The van der Waals surface area contributed by atoms with Crippen molar-refractivity contribution in [3.63, 3.8) is 0 Å². The molecule has 0 fully saturated rings. The van der Waals surface area contributed by atoms with Crippen molar-refractivity contribution in [3.05, 3.63) is 0 Å². The summed E-state index contributed by atoms with van der Waals surface area (Å²) in [6, 6.07) is 0. The van der Waals surface area contributed by atoms with Gasteiger partial charge in [0.15, 0.2) is 0 Å². The van der Waals surface area contributed by atoms with Gasteiger partial charge in [-0.1, -0.05) is 27.7 Å². The molecular weight excluding hydrogens is 250 g/mol. The second kappa shape index (κ2) is 7.11. The first-order valence-corrected chi connectivity index (χ1v) is 6.22. The molecular formula is C13H23NO5. The van der Waals surface area contributed by atoms with E-state index in [-0.39, 0.29) is 17.8 Å². The smallest absolute Gasteiger partial charge is 0.323 e. The average molecular weight is 273 g/mol. The number of nitrogens with zero attached hydrogens (tertiary/aromatic N) is 1. The first-order chi connectivity index (χ1) is 8.51. The van der Waals surface area contributed by atoms with Gasteiger partial charge in [0.25, 0.3) is 0 Å². The van der Waals surface area contributed by atoms with Gasteiger partial charge in [-0.25, -0.2) is 0 Å². The minimum atomic E-state index is -1.21. The van der Waals surface area contributed by atoms with Crippen LogP contribution in [-0.4, -0.2) is 46.0 Å². The number of carboxylic acid groups (broad SMARTS) is 2. The van der Waals surface area contributed by atoms with Crippen LogP contribution < -0.4 is 0 Å². The maximum absolute atomic E-state index is 11.9. The summed E-state index contributed by atoms with van der Waals surface area (Å²) in [5.41, 5.74) is 0.0735. The summed E-state index contributed by atoms with van der Waals surface area (Å²) in [4.78, 5) is 34.0. The zero-order chi connectivity index (χ0) is 15.2. The Morgan fingerprint density at radius 1 is 1.05 bits per heavy atom. The number of carbonyl (C=O) groups is 3. The Kier molecular flexibility index (Phi) is 6.52. The van der Waals surface area contributed by atoms with Crippen LogP contribution in [0.3, 0.4) is 0 Å². The van der Waals surface area contributed by atoms with Gasteiger partial charge in [0, 0.05) is 6.42 Å². The molecule has 0 bridgehead atoms.